The molecule has 0 heterocycles. The van der Waals surface area contributed by atoms with Crippen molar-refractivity contribution in [3.05, 3.63) is 144 Å². The fourth-order valence-corrected chi connectivity index (χ4v) is 3.96. The second-order valence-electron chi connectivity index (χ2n) is 8.05. The molecule has 0 spiro atoms. The third-order valence-corrected chi connectivity index (χ3v) is 5.40. The van der Waals surface area contributed by atoms with Crippen LogP contribution in [0.1, 0.15) is 32.6 Å². The SMILES string of the molecule is C=C/C=C\C=C/CN(/C=C(/C(=O)c1c(C)cc(C)cc1C)c1ccccc1)c1ccccc1. The molecule has 0 amide bonds. The molecule has 0 aliphatic rings. The Morgan fingerprint density at radius 3 is 2.06 bits per heavy atom. The van der Waals surface area contributed by atoms with Gasteiger partial charge in [-0.2, -0.15) is 0 Å². The molecule has 0 unspecified atom stereocenters. The van der Waals surface area contributed by atoms with E-state index in [0.717, 1.165) is 33.5 Å². The molecule has 3 rings (SSSR count). The Hall–Kier alpha value is -3.91. The van der Waals surface area contributed by atoms with Gasteiger partial charge in [-0.05, 0) is 49.6 Å². The highest BCUT2D eigenvalue weighted by Crippen LogP contribution is 2.27. The van der Waals surface area contributed by atoms with Gasteiger partial charge in [0.25, 0.3) is 0 Å². The third-order valence-electron chi connectivity index (χ3n) is 5.40. The Labute approximate surface area is 197 Å². The number of rotatable bonds is 9. The van der Waals surface area contributed by atoms with Crippen LogP contribution in [0.2, 0.25) is 0 Å². The fourth-order valence-electron chi connectivity index (χ4n) is 3.96. The van der Waals surface area contributed by atoms with E-state index in [4.69, 9.17) is 0 Å². The van der Waals surface area contributed by atoms with Crippen molar-refractivity contribution in [2.75, 3.05) is 11.4 Å². The Balaban J connectivity index is 2.12. The fraction of sp³-hybridized carbons (Fsp3) is 0.129. The predicted octanol–water partition coefficient (Wildman–Crippen LogP) is 7.64. The highest BCUT2D eigenvalue weighted by atomic mass is 16.1. The Morgan fingerprint density at radius 2 is 1.45 bits per heavy atom. The first-order valence-electron chi connectivity index (χ1n) is 11.2. The van der Waals surface area contributed by atoms with E-state index in [2.05, 4.69) is 48.7 Å². The number of hydrogen-bond acceptors (Lipinski definition) is 2. The molecule has 0 aromatic heterocycles. The molecule has 0 bridgehead atoms. The summed E-state index contributed by atoms with van der Waals surface area (Å²) in [6.07, 6.45) is 11.6. The minimum atomic E-state index is 0.0349. The monoisotopic (exact) mass is 433 g/mol. The standard InChI is InChI=1S/C31H31NO/c1-5-6-7-8-15-20-32(28-18-13-10-14-19-28)23-29(27-16-11-9-12-17-27)31(33)30-25(3)21-24(2)22-26(30)4/h5-19,21-23H,1,20H2,2-4H3/b7-6-,15-8-,29-23+. The van der Waals surface area contributed by atoms with Crippen LogP contribution in [0.3, 0.4) is 0 Å². The van der Waals surface area contributed by atoms with Gasteiger partial charge in [0.2, 0.25) is 0 Å². The maximum Gasteiger partial charge on any atom is 0.195 e. The highest BCUT2D eigenvalue weighted by molar-refractivity contribution is 6.30. The maximum absolute atomic E-state index is 13.9. The van der Waals surface area contributed by atoms with E-state index in [9.17, 15) is 4.79 Å². The zero-order valence-electron chi connectivity index (χ0n) is 19.7. The van der Waals surface area contributed by atoms with Crippen molar-refractivity contribution in [1.82, 2.24) is 0 Å². The van der Waals surface area contributed by atoms with Gasteiger partial charge in [0.15, 0.2) is 5.78 Å². The lowest BCUT2D eigenvalue weighted by Gasteiger charge is -2.22. The van der Waals surface area contributed by atoms with E-state index in [0.29, 0.717) is 12.1 Å². The molecule has 3 aromatic rings. The molecule has 0 saturated carbocycles. The van der Waals surface area contributed by atoms with E-state index in [1.807, 2.05) is 86.8 Å². The summed E-state index contributed by atoms with van der Waals surface area (Å²) in [6, 6.07) is 24.2. The third kappa shape index (κ3) is 6.30. The van der Waals surface area contributed by atoms with E-state index < -0.39 is 0 Å². The smallest absolute Gasteiger partial charge is 0.195 e. The number of ketones is 1. The molecule has 3 aromatic carbocycles. The molecule has 0 N–H and O–H groups in total. The number of hydrogen-bond donors (Lipinski definition) is 0. The molecule has 0 aliphatic heterocycles. The molecular weight excluding hydrogens is 402 g/mol. The Kier molecular flexibility index (Phi) is 8.37. The number of Topliss-reactive ketones (excluding diaryl/α,β-unsaturated/α-hetero) is 1. The number of nitrogens with zero attached hydrogens (tertiary/aromatic N) is 1. The summed E-state index contributed by atoms with van der Waals surface area (Å²) in [5.74, 6) is 0.0349. The quantitative estimate of drug-likeness (QED) is 0.196. The molecule has 0 fully saturated rings. The number of para-hydroxylation sites is 1. The largest absolute Gasteiger partial charge is 0.343 e. The number of aryl methyl sites for hydroxylation is 3. The molecule has 0 saturated heterocycles. The van der Waals surface area contributed by atoms with Crippen molar-refractivity contribution >= 4 is 17.0 Å². The minimum Gasteiger partial charge on any atom is -0.343 e. The zero-order valence-corrected chi connectivity index (χ0v) is 19.7. The molecule has 166 valence electrons. The normalized spacial score (nSPS) is 11.8. The van der Waals surface area contributed by atoms with Gasteiger partial charge in [0.05, 0.1) is 0 Å². The van der Waals surface area contributed by atoms with Gasteiger partial charge in [-0.3, -0.25) is 4.79 Å². The summed E-state index contributed by atoms with van der Waals surface area (Å²) in [5, 5.41) is 0. The summed E-state index contributed by atoms with van der Waals surface area (Å²) in [5.41, 5.74) is 6.53. The maximum atomic E-state index is 13.9. The number of anilines is 1. The summed E-state index contributed by atoms with van der Waals surface area (Å²) < 4.78 is 0. The number of benzene rings is 3. The van der Waals surface area contributed by atoms with E-state index in [1.165, 1.54) is 0 Å². The van der Waals surface area contributed by atoms with Crippen LogP contribution < -0.4 is 4.90 Å². The van der Waals surface area contributed by atoms with E-state index in [1.54, 1.807) is 6.08 Å². The summed E-state index contributed by atoms with van der Waals surface area (Å²) >= 11 is 0. The van der Waals surface area contributed by atoms with Crippen molar-refractivity contribution in [1.29, 1.82) is 0 Å². The van der Waals surface area contributed by atoms with Crippen molar-refractivity contribution < 1.29 is 4.79 Å². The van der Waals surface area contributed by atoms with Crippen LogP contribution in [0.25, 0.3) is 5.57 Å². The topological polar surface area (TPSA) is 20.3 Å². The molecule has 0 atom stereocenters. The minimum absolute atomic E-state index is 0.0349. The molecule has 2 nitrogen and oxygen atoms in total. The van der Waals surface area contributed by atoms with Gasteiger partial charge in [0, 0.05) is 29.6 Å². The lowest BCUT2D eigenvalue weighted by Crippen LogP contribution is -2.19. The number of allylic oxidation sites excluding steroid dienone is 5. The van der Waals surface area contributed by atoms with Crippen LogP contribution in [0.4, 0.5) is 5.69 Å². The highest BCUT2D eigenvalue weighted by Gasteiger charge is 2.20. The molecular formula is C31H31NO. The molecule has 0 aliphatic carbocycles. The molecule has 0 radical (unpaired) electrons. The Bertz CT molecular complexity index is 1160. The average Bonchev–Trinajstić information content (AvgIpc) is 2.81. The summed E-state index contributed by atoms with van der Waals surface area (Å²) in [7, 11) is 0. The predicted molar refractivity (Wildman–Crippen MR) is 142 cm³/mol. The van der Waals surface area contributed by atoms with E-state index >= 15 is 0 Å². The lowest BCUT2D eigenvalue weighted by molar-refractivity contribution is 0.105. The summed E-state index contributed by atoms with van der Waals surface area (Å²) in [4.78, 5) is 16.1. The summed E-state index contributed by atoms with van der Waals surface area (Å²) in [6.45, 7) is 10.4. The van der Waals surface area contributed by atoms with Crippen LogP contribution in [0, 0.1) is 20.8 Å². The zero-order chi connectivity index (χ0) is 23.6. The van der Waals surface area contributed by atoms with Gasteiger partial charge in [-0.1, -0.05) is 103 Å². The van der Waals surface area contributed by atoms with Crippen molar-refractivity contribution in [2.45, 2.75) is 20.8 Å². The van der Waals surface area contributed by atoms with Gasteiger partial charge in [-0.25, -0.2) is 0 Å². The van der Waals surface area contributed by atoms with Gasteiger partial charge >= 0.3 is 0 Å². The van der Waals surface area contributed by atoms with Crippen molar-refractivity contribution in [2.24, 2.45) is 0 Å². The first kappa shape index (κ1) is 23.7. The number of carbonyl (C=O) groups is 1. The van der Waals surface area contributed by atoms with Crippen LogP contribution in [-0.4, -0.2) is 12.3 Å². The van der Waals surface area contributed by atoms with Crippen molar-refractivity contribution in [3.8, 4) is 0 Å². The van der Waals surface area contributed by atoms with Gasteiger partial charge in [0.1, 0.15) is 0 Å². The van der Waals surface area contributed by atoms with Gasteiger partial charge < -0.3 is 4.90 Å². The first-order chi connectivity index (χ1) is 16.0. The second-order valence-corrected chi connectivity index (χ2v) is 8.05. The Morgan fingerprint density at radius 1 is 0.848 bits per heavy atom. The first-order valence-corrected chi connectivity index (χ1v) is 11.2. The molecule has 2 heteroatoms. The van der Waals surface area contributed by atoms with E-state index in [-0.39, 0.29) is 5.78 Å². The lowest BCUT2D eigenvalue weighted by atomic mass is 9.90. The average molecular weight is 434 g/mol. The van der Waals surface area contributed by atoms with Gasteiger partial charge in [-0.15, -0.1) is 0 Å². The number of carbonyl (C=O) groups excluding carboxylic acids is 1. The van der Waals surface area contributed by atoms with Crippen LogP contribution >= 0.6 is 0 Å². The van der Waals surface area contributed by atoms with Crippen LogP contribution in [0.5, 0.6) is 0 Å². The van der Waals surface area contributed by atoms with Crippen LogP contribution in [-0.2, 0) is 0 Å². The second kappa shape index (κ2) is 11.6. The van der Waals surface area contributed by atoms with Crippen molar-refractivity contribution in [3.63, 3.8) is 0 Å². The molecule has 33 heavy (non-hydrogen) atoms. The van der Waals surface area contributed by atoms with Crippen LogP contribution in [0.15, 0.2) is 116 Å².